The van der Waals surface area contributed by atoms with Gasteiger partial charge in [0.2, 0.25) is 0 Å². The summed E-state index contributed by atoms with van der Waals surface area (Å²) in [4.78, 5) is 0. The van der Waals surface area contributed by atoms with Crippen molar-refractivity contribution < 1.29 is 13.7 Å². The Kier molecular flexibility index (Phi) is 3.85. The van der Waals surface area contributed by atoms with Crippen LogP contribution >= 0.6 is 0 Å². The highest BCUT2D eigenvalue weighted by Gasteiger charge is 2.12. The average Bonchev–Trinajstić information content (AvgIpc) is 2.68. The van der Waals surface area contributed by atoms with Gasteiger partial charge in [-0.1, -0.05) is 11.2 Å². The molecular formula is C14H17FN2O2. The van der Waals surface area contributed by atoms with Gasteiger partial charge >= 0.3 is 0 Å². The predicted molar refractivity (Wildman–Crippen MR) is 69.3 cm³/mol. The number of hydrogen-bond acceptors (Lipinski definition) is 4. The summed E-state index contributed by atoms with van der Waals surface area (Å²) in [5, 5.41) is 3.82. The zero-order valence-corrected chi connectivity index (χ0v) is 11.2. The van der Waals surface area contributed by atoms with Crippen LogP contribution in [0, 0.1) is 19.7 Å². The largest absolute Gasteiger partial charge is 0.486 e. The van der Waals surface area contributed by atoms with Gasteiger partial charge in [0.1, 0.15) is 12.4 Å². The Labute approximate surface area is 111 Å². The lowest BCUT2D eigenvalue weighted by Crippen LogP contribution is -2.06. The van der Waals surface area contributed by atoms with E-state index in [4.69, 9.17) is 15.0 Å². The molecule has 0 aliphatic rings. The number of rotatable bonds is 4. The third kappa shape index (κ3) is 2.93. The number of nitrogens with two attached hydrogens (primary N) is 1. The second-order valence-electron chi connectivity index (χ2n) is 4.57. The number of halogens is 1. The van der Waals surface area contributed by atoms with E-state index in [1.807, 2.05) is 6.92 Å². The van der Waals surface area contributed by atoms with Crippen molar-refractivity contribution in [3.63, 3.8) is 0 Å². The van der Waals surface area contributed by atoms with Crippen molar-refractivity contribution >= 4 is 0 Å². The molecule has 0 aliphatic heterocycles. The maximum Gasteiger partial charge on any atom is 0.165 e. The summed E-state index contributed by atoms with van der Waals surface area (Å²) in [6.07, 6.45) is 0. The number of hydrogen-bond donors (Lipinski definition) is 1. The molecule has 0 amide bonds. The maximum atomic E-state index is 13.8. The van der Waals surface area contributed by atoms with Gasteiger partial charge in [-0.25, -0.2) is 4.39 Å². The normalized spacial score (nSPS) is 12.5. The van der Waals surface area contributed by atoms with Crippen LogP contribution in [0.2, 0.25) is 0 Å². The van der Waals surface area contributed by atoms with Gasteiger partial charge < -0.3 is 15.0 Å². The molecule has 4 nitrogen and oxygen atoms in total. The maximum absolute atomic E-state index is 13.8. The predicted octanol–water partition coefficient (Wildman–Crippen LogP) is 3.03. The minimum Gasteiger partial charge on any atom is -0.486 e. The fourth-order valence-corrected chi connectivity index (χ4v) is 1.78. The minimum absolute atomic E-state index is 0.199. The standard InChI is InChI=1S/C14H17FN2O2/c1-8(16)11-4-5-14(13(15)6-11)18-7-12-9(2)17-19-10(12)3/h4-6,8H,7,16H2,1-3H3. The second kappa shape index (κ2) is 5.40. The molecule has 5 heteroatoms. The van der Waals surface area contributed by atoms with E-state index in [0.29, 0.717) is 5.76 Å². The first kappa shape index (κ1) is 13.5. The molecule has 0 saturated heterocycles. The third-order valence-electron chi connectivity index (χ3n) is 3.03. The van der Waals surface area contributed by atoms with Crippen molar-refractivity contribution in [2.24, 2.45) is 5.73 Å². The van der Waals surface area contributed by atoms with Crippen molar-refractivity contribution in [2.75, 3.05) is 0 Å². The van der Waals surface area contributed by atoms with Crippen molar-refractivity contribution in [2.45, 2.75) is 33.4 Å². The third-order valence-corrected chi connectivity index (χ3v) is 3.03. The first-order valence-electron chi connectivity index (χ1n) is 6.08. The van der Waals surface area contributed by atoms with Gasteiger partial charge in [-0.05, 0) is 38.5 Å². The Bertz CT molecular complexity index is 559. The van der Waals surface area contributed by atoms with Crippen LogP contribution in [0.25, 0.3) is 0 Å². The van der Waals surface area contributed by atoms with Gasteiger partial charge in [0.05, 0.1) is 11.3 Å². The van der Waals surface area contributed by atoms with Crippen LogP contribution in [0.5, 0.6) is 5.75 Å². The molecule has 1 heterocycles. The number of nitrogens with zero attached hydrogens (tertiary/aromatic N) is 1. The molecule has 0 radical (unpaired) electrons. The number of ether oxygens (including phenoxy) is 1. The highest BCUT2D eigenvalue weighted by molar-refractivity contribution is 5.31. The topological polar surface area (TPSA) is 61.3 Å². The molecule has 1 atom stereocenters. The van der Waals surface area contributed by atoms with Crippen molar-refractivity contribution in [1.82, 2.24) is 5.16 Å². The summed E-state index contributed by atoms with van der Waals surface area (Å²) >= 11 is 0. The fourth-order valence-electron chi connectivity index (χ4n) is 1.78. The Morgan fingerprint density at radius 1 is 1.42 bits per heavy atom. The van der Waals surface area contributed by atoms with Crippen LogP contribution in [0.1, 0.15) is 35.5 Å². The molecule has 2 rings (SSSR count). The van der Waals surface area contributed by atoms with Crippen LogP contribution in [0.4, 0.5) is 4.39 Å². The van der Waals surface area contributed by atoms with E-state index in [2.05, 4.69) is 5.16 Å². The molecule has 2 aromatic rings. The van der Waals surface area contributed by atoms with E-state index >= 15 is 0 Å². The number of aromatic nitrogens is 1. The first-order chi connectivity index (χ1) is 8.99. The molecule has 0 spiro atoms. The zero-order valence-electron chi connectivity index (χ0n) is 11.2. The van der Waals surface area contributed by atoms with E-state index in [9.17, 15) is 4.39 Å². The summed E-state index contributed by atoms with van der Waals surface area (Å²) in [5.74, 6) is 0.469. The molecule has 19 heavy (non-hydrogen) atoms. The van der Waals surface area contributed by atoms with Gasteiger partial charge in [0.25, 0.3) is 0 Å². The van der Waals surface area contributed by atoms with Crippen LogP contribution in [0.15, 0.2) is 22.7 Å². The van der Waals surface area contributed by atoms with E-state index in [1.165, 1.54) is 6.07 Å². The minimum atomic E-state index is -0.415. The van der Waals surface area contributed by atoms with Crippen LogP contribution < -0.4 is 10.5 Å². The van der Waals surface area contributed by atoms with Crippen LogP contribution in [-0.2, 0) is 6.61 Å². The second-order valence-corrected chi connectivity index (χ2v) is 4.57. The van der Waals surface area contributed by atoms with Gasteiger partial charge in [-0.15, -0.1) is 0 Å². The van der Waals surface area contributed by atoms with Crippen molar-refractivity contribution in [3.8, 4) is 5.75 Å². The van der Waals surface area contributed by atoms with Gasteiger partial charge in [-0.3, -0.25) is 0 Å². The highest BCUT2D eigenvalue weighted by atomic mass is 19.1. The molecule has 0 aliphatic carbocycles. The Hall–Kier alpha value is -1.88. The molecule has 0 bridgehead atoms. The van der Waals surface area contributed by atoms with Gasteiger partial charge in [0, 0.05) is 6.04 Å². The van der Waals surface area contributed by atoms with E-state index in [-0.39, 0.29) is 18.4 Å². The van der Waals surface area contributed by atoms with E-state index in [0.717, 1.165) is 16.8 Å². The lowest BCUT2D eigenvalue weighted by Gasteiger charge is -2.10. The molecule has 0 fully saturated rings. The van der Waals surface area contributed by atoms with Gasteiger partial charge in [0.15, 0.2) is 11.6 Å². The quantitative estimate of drug-likeness (QED) is 0.922. The zero-order chi connectivity index (χ0) is 14.0. The molecule has 2 N–H and O–H groups in total. The SMILES string of the molecule is Cc1noc(C)c1COc1ccc(C(C)N)cc1F. The summed E-state index contributed by atoms with van der Waals surface area (Å²) in [6, 6.07) is 4.54. The van der Waals surface area contributed by atoms with Crippen LogP contribution in [0.3, 0.4) is 0 Å². The summed E-state index contributed by atoms with van der Waals surface area (Å²) in [6.45, 7) is 5.66. The summed E-state index contributed by atoms with van der Waals surface area (Å²) in [5.41, 5.74) is 8.03. The molecule has 102 valence electrons. The van der Waals surface area contributed by atoms with Crippen molar-refractivity contribution in [1.29, 1.82) is 0 Å². The lowest BCUT2D eigenvalue weighted by molar-refractivity contribution is 0.286. The number of benzene rings is 1. The van der Waals surface area contributed by atoms with E-state index < -0.39 is 5.82 Å². The van der Waals surface area contributed by atoms with Gasteiger partial charge in [-0.2, -0.15) is 0 Å². The number of aryl methyl sites for hydroxylation is 2. The summed E-state index contributed by atoms with van der Waals surface area (Å²) in [7, 11) is 0. The molecule has 1 aromatic heterocycles. The molecule has 1 unspecified atom stereocenters. The smallest absolute Gasteiger partial charge is 0.165 e. The van der Waals surface area contributed by atoms with Crippen molar-refractivity contribution in [3.05, 3.63) is 46.6 Å². The fraction of sp³-hybridized carbons (Fsp3) is 0.357. The Balaban J connectivity index is 2.12. The van der Waals surface area contributed by atoms with Crippen LogP contribution in [-0.4, -0.2) is 5.16 Å². The first-order valence-corrected chi connectivity index (χ1v) is 6.08. The molecular weight excluding hydrogens is 247 g/mol. The monoisotopic (exact) mass is 264 g/mol. The Morgan fingerprint density at radius 2 is 2.16 bits per heavy atom. The van der Waals surface area contributed by atoms with E-state index in [1.54, 1.807) is 26.0 Å². The molecule has 0 saturated carbocycles. The average molecular weight is 264 g/mol. The highest BCUT2D eigenvalue weighted by Crippen LogP contribution is 2.23. The lowest BCUT2D eigenvalue weighted by atomic mass is 10.1. The summed E-state index contributed by atoms with van der Waals surface area (Å²) < 4.78 is 24.3. The Morgan fingerprint density at radius 3 is 2.68 bits per heavy atom. The molecule has 1 aromatic carbocycles.